The first-order valence-electron chi connectivity index (χ1n) is 13.2. The van der Waals surface area contributed by atoms with Gasteiger partial charge in [-0.2, -0.15) is 0 Å². The molecule has 190 valence electrons. The van der Waals surface area contributed by atoms with E-state index in [1.165, 1.54) is 33.4 Å². The number of fused-ring (bicyclic) bond motifs is 3. The molecule has 4 aromatic carbocycles. The first kappa shape index (κ1) is 25.1. The summed E-state index contributed by atoms with van der Waals surface area (Å²) in [5.41, 5.74) is 10.2. The second-order valence-electron chi connectivity index (χ2n) is 12.7. The molecule has 0 aliphatic heterocycles. The summed E-state index contributed by atoms with van der Waals surface area (Å²) in [5, 5.41) is 22.1. The van der Waals surface area contributed by atoms with Gasteiger partial charge in [0.15, 0.2) is 0 Å². The molecule has 2 nitrogen and oxygen atoms in total. The molecule has 0 amide bonds. The quantitative estimate of drug-likeness (QED) is 0.260. The topological polar surface area (TPSA) is 40.5 Å². The molecule has 0 radical (unpaired) electrons. The lowest BCUT2D eigenvalue weighted by Crippen LogP contribution is -2.32. The van der Waals surface area contributed by atoms with Crippen molar-refractivity contribution in [1.82, 2.24) is 0 Å². The summed E-state index contributed by atoms with van der Waals surface area (Å²) in [6.45, 7) is 17.1. The van der Waals surface area contributed by atoms with E-state index < -0.39 is 5.41 Å². The number of aromatic hydroxyl groups is 2. The highest BCUT2D eigenvalue weighted by Gasteiger charge is 2.48. The molecule has 0 bridgehead atoms. The van der Waals surface area contributed by atoms with Gasteiger partial charge in [-0.05, 0) is 105 Å². The van der Waals surface area contributed by atoms with Crippen molar-refractivity contribution >= 4 is 0 Å². The second kappa shape index (κ2) is 8.25. The minimum absolute atomic E-state index is 0.230. The van der Waals surface area contributed by atoms with Crippen molar-refractivity contribution in [3.05, 3.63) is 117 Å². The Kier molecular flexibility index (Phi) is 5.60. The van der Waals surface area contributed by atoms with Crippen LogP contribution in [-0.2, 0) is 16.2 Å². The van der Waals surface area contributed by atoms with Gasteiger partial charge < -0.3 is 10.2 Å². The molecule has 4 aromatic rings. The van der Waals surface area contributed by atoms with Crippen LogP contribution in [0.2, 0.25) is 0 Å². The molecular formula is C35H38O2. The van der Waals surface area contributed by atoms with Gasteiger partial charge in [-0.15, -0.1) is 0 Å². The van der Waals surface area contributed by atoms with Crippen LogP contribution < -0.4 is 0 Å². The fourth-order valence-corrected chi connectivity index (χ4v) is 6.36. The maximum Gasteiger partial charge on any atom is 0.119 e. The average molecular weight is 491 g/mol. The van der Waals surface area contributed by atoms with E-state index >= 15 is 0 Å². The zero-order valence-electron chi connectivity index (χ0n) is 23.3. The fourth-order valence-electron chi connectivity index (χ4n) is 6.36. The van der Waals surface area contributed by atoms with E-state index in [0.29, 0.717) is 11.5 Å². The normalized spacial score (nSPS) is 14.4. The maximum absolute atomic E-state index is 11.0. The Bertz CT molecular complexity index is 1410. The lowest BCUT2D eigenvalue weighted by molar-refractivity contribution is 0.444. The minimum atomic E-state index is -0.594. The van der Waals surface area contributed by atoms with Gasteiger partial charge in [-0.25, -0.2) is 0 Å². The molecule has 0 unspecified atom stereocenters. The summed E-state index contributed by atoms with van der Waals surface area (Å²) in [6.07, 6.45) is 0. The van der Waals surface area contributed by atoms with Gasteiger partial charge in [-0.1, -0.05) is 90.1 Å². The third-order valence-corrected chi connectivity index (χ3v) is 8.06. The molecule has 0 saturated heterocycles. The van der Waals surface area contributed by atoms with E-state index in [0.717, 1.165) is 22.3 Å². The summed E-state index contributed by atoms with van der Waals surface area (Å²) < 4.78 is 0. The first-order valence-corrected chi connectivity index (χ1v) is 13.2. The molecule has 0 atom stereocenters. The van der Waals surface area contributed by atoms with Gasteiger partial charge in [0.1, 0.15) is 11.5 Å². The number of phenols is 2. The third-order valence-electron chi connectivity index (χ3n) is 8.06. The summed E-state index contributed by atoms with van der Waals surface area (Å²) in [6, 6.07) is 25.7. The van der Waals surface area contributed by atoms with Crippen LogP contribution >= 0.6 is 0 Å². The lowest BCUT2D eigenvalue weighted by Gasteiger charge is -2.38. The number of benzene rings is 4. The molecule has 0 saturated carbocycles. The monoisotopic (exact) mass is 490 g/mol. The van der Waals surface area contributed by atoms with E-state index in [4.69, 9.17) is 0 Å². The van der Waals surface area contributed by atoms with Gasteiger partial charge in [-0.3, -0.25) is 0 Å². The Balaban J connectivity index is 2.03. The lowest BCUT2D eigenvalue weighted by atomic mass is 9.63. The molecular weight excluding hydrogens is 452 g/mol. The smallest absolute Gasteiger partial charge is 0.119 e. The predicted octanol–water partition coefficient (Wildman–Crippen LogP) is 8.67. The van der Waals surface area contributed by atoms with E-state index in [2.05, 4.69) is 116 Å². The van der Waals surface area contributed by atoms with Crippen LogP contribution in [0.4, 0.5) is 0 Å². The van der Waals surface area contributed by atoms with Crippen molar-refractivity contribution in [3.63, 3.8) is 0 Å². The van der Waals surface area contributed by atoms with Gasteiger partial charge in [0.25, 0.3) is 0 Å². The van der Waals surface area contributed by atoms with Gasteiger partial charge in [0.2, 0.25) is 0 Å². The summed E-state index contributed by atoms with van der Waals surface area (Å²) >= 11 is 0. The van der Waals surface area contributed by atoms with Gasteiger partial charge in [0, 0.05) is 0 Å². The van der Waals surface area contributed by atoms with Crippen molar-refractivity contribution < 1.29 is 10.2 Å². The SMILES string of the molecule is Cc1cc(O)c(C(C)(C)C)cc1C1(c2cc(C(C)(C)C)c(O)cc2C)c2ccccc2-c2ccccc21. The fraction of sp³-hybridized carbons (Fsp3) is 0.314. The predicted molar refractivity (Wildman–Crippen MR) is 154 cm³/mol. The molecule has 5 rings (SSSR count). The van der Waals surface area contributed by atoms with Crippen molar-refractivity contribution in [1.29, 1.82) is 0 Å². The molecule has 2 heteroatoms. The molecule has 37 heavy (non-hydrogen) atoms. The second-order valence-corrected chi connectivity index (χ2v) is 12.7. The first-order chi connectivity index (χ1) is 17.3. The highest BCUT2D eigenvalue weighted by Crippen LogP contribution is 2.58. The Morgan fingerprint density at radius 3 is 1.22 bits per heavy atom. The van der Waals surface area contributed by atoms with Gasteiger partial charge in [0.05, 0.1) is 5.41 Å². The number of rotatable bonds is 2. The molecule has 0 spiro atoms. The van der Waals surface area contributed by atoms with Crippen LogP contribution in [0.1, 0.15) is 86.1 Å². The van der Waals surface area contributed by atoms with Crippen LogP contribution in [0.3, 0.4) is 0 Å². The highest BCUT2D eigenvalue weighted by molar-refractivity contribution is 5.87. The van der Waals surface area contributed by atoms with E-state index in [-0.39, 0.29) is 10.8 Å². The highest BCUT2D eigenvalue weighted by atomic mass is 16.3. The van der Waals surface area contributed by atoms with Crippen LogP contribution in [0.5, 0.6) is 11.5 Å². The Hall–Kier alpha value is -3.52. The number of hydrogen-bond acceptors (Lipinski definition) is 2. The standard InChI is InChI=1S/C35H38O2/c1-21-17-31(36)29(33(3,4)5)19-27(21)35(28-20-30(34(6,7)8)32(37)18-22(28)2)25-15-11-9-13-23(25)24-14-10-12-16-26(24)35/h9-20,36-37H,1-8H3. The Labute approximate surface area is 221 Å². The van der Waals surface area contributed by atoms with E-state index in [9.17, 15) is 10.2 Å². The van der Waals surface area contributed by atoms with Crippen molar-refractivity contribution in [2.45, 2.75) is 71.6 Å². The molecule has 0 fully saturated rings. The van der Waals surface area contributed by atoms with Crippen molar-refractivity contribution in [2.24, 2.45) is 0 Å². The Morgan fingerprint density at radius 1 is 0.514 bits per heavy atom. The number of aryl methyl sites for hydroxylation is 2. The van der Waals surface area contributed by atoms with Crippen LogP contribution in [-0.4, -0.2) is 10.2 Å². The summed E-state index contributed by atoms with van der Waals surface area (Å²) in [5.74, 6) is 0.669. The van der Waals surface area contributed by atoms with Crippen LogP contribution in [0.25, 0.3) is 11.1 Å². The van der Waals surface area contributed by atoms with Crippen LogP contribution in [0.15, 0.2) is 72.8 Å². The Morgan fingerprint density at radius 2 is 0.865 bits per heavy atom. The van der Waals surface area contributed by atoms with Crippen LogP contribution in [0, 0.1) is 13.8 Å². The zero-order chi connectivity index (χ0) is 26.9. The maximum atomic E-state index is 11.0. The molecule has 1 aliphatic rings. The van der Waals surface area contributed by atoms with Crippen molar-refractivity contribution in [3.8, 4) is 22.6 Å². The molecule has 2 N–H and O–H groups in total. The zero-order valence-corrected chi connectivity index (χ0v) is 23.3. The van der Waals surface area contributed by atoms with Crippen molar-refractivity contribution in [2.75, 3.05) is 0 Å². The third kappa shape index (κ3) is 3.69. The molecule has 0 aromatic heterocycles. The molecule has 0 heterocycles. The number of phenolic OH excluding ortho intramolecular Hbond substituents is 2. The average Bonchev–Trinajstić information content (AvgIpc) is 3.09. The largest absolute Gasteiger partial charge is 0.508 e. The van der Waals surface area contributed by atoms with Gasteiger partial charge >= 0.3 is 0 Å². The van der Waals surface area contributed by atoms with E-state index in [1.54, 1.807) is 0 Å². The number of hydrogen-bond donors (Lipinski definition) is 2. The summed E-state index contributed by atoms with van der Waals surface area (Å²) in [7, 11) is 0. The van der Waals surface area contributed by atoms with E-state index in [1.807, 2.05) is 12.1 Å². The molecule has 1 aliphatic carbocycles. The minimum Gasteiger partial charge on any atom is -0.508 e. The summed E-state index contributed by atoms with van der Waals surface area (Å²) in [4.78, 5) is 0.